The zero-order chi connectivity index (χ0) is 20.8. The number of nitrogens with zero attached hydrogens (tertiary/aromatic N) is 3. The number of hydrogen-bond acceptors (Lipinski definition) is 6. The highest BCUT2D eigenvalue weighted by Gasteiger charge is 2.52. The molecule has 1 amide bonds. The van der Waals surface area contributed by atoms with Crippen LogP contribution < -0.4 is 15.9 Å². The molecule has 150 valence electrons. The molecular formula is C18H30BN3O5. The zero-order valence-electron chi connectivity index (χ0n) is 17.7. The third-order valence-corrected chi connectivity index (χ3v) is 4.85. The van der Waals surface area contributed by atoms with Gasteiger partial charge in [0, 0.05) is 19.8 Å². The van der Waals surface area contributed by atoms with Crippen LogP contribution in [0.25, 0.3) is 0 Å². The summed E-state index contributed by atoms with van der Waals surface area (Å²) in [7, 11) is 0.749. The molecule has 1 aliphatic rings. The van der Waals surface area contributed by atoms with Gasteiger partial charge in [0.25, 0.3) is 5.56 Å². The molecule has 1 aromatic heterocycles. The quantitative estimate of drug-likeness (QED) is 0.746. The second kappa shape index (κ2) is 6.94. The first-order chi connectivity index (χ1) is 12.2. The number of rotatable bonds is 3. The summed E-state index contributed by atoms with van der Waals surface area (Å²) in [6, 6.07) is 0. The molecular weight excluding hydrogens is 349 g/mol. The number of hydrogen-bond donors (Lipinski definition) is 0. The van der Waals surface area contributed by atoms with Crippen LogP contribution in [0, 0.1) is 0 Å². The second-order valence-corrected chi connectivity index (χ2v) is 8.69. The van der Waals surface area contributed by atoms with E-state index in [9.17, 15) is 9.59 Å². The third-order valence-electron chi connectivity index (χ3n) is 4.85. The van der Waals surface area contributed by atoms with Gasteiger partial charge in [-0.05, 0) is 55.4 Å². The Bertz CT molecular complexity index is 766. The highest BCUT2D eigenvalue weighted by molar-refractivity contribution is 6.61. The average molecular weight is 379 g/mol. The molecule has 0 radical (unpaired) electrons. The SMILES string of the molecule is CCN(C(=O)OC(C)(C)C)c1ncc(B2OC(C)(C)C(C)(C)O2)c(=O)n1C. The van der Waals surface area contributed by atoms with Crippen molar-refractivity contribution in [3.05, 3.63) is 16.6 Å². The Morgan fingerprint density at radius 1 is 1.26 bits per heavy atom. The zero-order valence-corrected chi connectivity index (χ0v) is 17.7. The molecule has 9 heteroatoms. The Kier molecular flexibility index (Phi) is 5.51. The van der Waals surface area contributed by atoms with Crippen LogP contribution in [0.1, 0.15) is 55.4 Å². The lowest BCUT2D eigenvalue weighted by atomic mass is 9.81. The smallest absolute Gasteiger partial charge is 0.443 e. The fourth-order valence-corrected chi connectivity index (χ4v) is 2.61. The van der Waals surface area contributed by atoms with Gasteiger partial charge in [-0.2, -0.15) is 0 Å². The summed E-state index contributed by atoms with van der Waals surface area (Å²) in [5.74, 6) is 0.206. The number of amides is 1. The lowest BCUT2D eigenvalue weighted by Crippen LogP contribution is -2.49. The minimum atomic E-state index is -0.813. The molecule has 2 rings (SSSR count). The maximum Gasteiger partial charge on any atom is 0.502 e. The molecule has 1 saturated heterocycles. The molecule has 1 aliphatic heterocycles. The Morgan fingerprint density at radius 2 is 1.78 bits per heavy atom. The number of aromatic nitrogens is 2. The van der Waals surface area contributed by atoms with Crippen molar-refractivity contribution in [2.45, 2.75) is 72.2 Å². The number of ether oxygens (including phenoxy) is 1. The highest BCUT2D eigenvalue weighted by atomic mass is 16.7. The summed E-state index contributed by atoms with van der Waals surface area (Å²) in [5, 5.41) is 0. The van der Waals surface area contributed by atoms with E-state index in [4.69, 9.17) is 14.0 Å². The Hall–Kier alpha value is -1.87. The van der Waals surface area contributed by atoms with Crippen molar-refractivity contribution in [2.75, 3.05) is 11.4 Å². The predicted molar refractivity (Wildman–Crippen MR) is 104 cm³/mol. The van der Waals surface area contributed by atoms with Gasteiger partial charge >= 0.3 is 13.2 Å². The number of anilines is 1. The van der Waals surface area contributed by atoms with Gasteiger partial charge in [0.15, 0.2) is 0 Å². The van der Waals surface area contributed by atoms with Gasteiger partial charge in [0.05, 0.1) is 16.7 Å². The second-order valence-electron chi connectivity index (χ2n) is 8.69. The summed E-state index contributed by atoms with van der Waals surface area (Å²) in [6.07, 6.45) is 0.850. The molecule has 8 nitrogen and oxygen atoms in total. The standard InChI is InChI=1S/C18H30BN3O5/c1-10-22(15(24)25-16(2,3)4)14-20-11-12(13(23)21(14)9)19-26-17(5,6)18(7,8)27-19/h11H,10H2,1-9H3. The fourth-order valence-electron chi connectivity index (χ4n) is 2.61. The summed E-state index contributed by atoms with van der Waals surface area (Å²) >= 11 is 0. The van der Waals surface area contributed by atoms with Crippen molar-refractivity contribution in [3.8, 4) is 0 Å². The van der Waals surface area contributed by atoms with Crippen LogP contribution in [-0.4, -0.2) is 46.1 Å². The molecule has 0 N–H and O–H groups in total. The van der Waals surface area contributed by atoms with Crippen molar-refractivity contribution in [2.24, 2.45) is 7.05 Å². The van der Waals surface area contributed by atoms with Crippen LogP contribution in [-0.2, 0) is 21.1 Å². The van der Waals surface area contributed by atoms with E-state index in [1.807, 2.05) is 27.7 Å². The topological polar surface area (TPSA) is 82.9 Å². The molecule has 0 atom stereocenters. The van der Waals surface area contributed by atoms with Gasteiger partial charge in [-0.1, -0.05) is 0 Å². The highest BCUT2D eigenvalue weighted by Crippen LogP contribution is 2.36. The van der Waals surface area contributed by atoms with Gasteiger partial charge in [0.1, 0.15) is 5.60 Å². The molecule has 0 spiro atoms. The van der Waals surface area contributed by atoms with Gasteiger partial charge in [-0.15, -0.1) is 0 Å². The van der Waals surface area contributed by atoms with Crippen LogP contribution in [0.2, 0.25) is 0 Å². The third kappa shape index (κ3) is 4.19. The van der Waals surface area contributed by atoms with Crippen molar-refractivity contribution < 1.29 is 18.8 Å². The summed E-state index contributed by atoms with van der Waals surface area (Å²) in [6.45, 7) is 15.1. The van der Waals surface area contributed by atoms with Crippen molar-refractivity contribution in [1.82, 2.24) is 9.55 Å². The van der Waals surface area contributed by atoms with Crippen LogP contribution in [0.3, 0.4) is 0 Å². The van der Waals surface area contributed by atoms with Gasteiger partial charge in [-0.25, -0.2) is 14.7 Å². The molecule has 0 aliphatic carbocycles. The Morgan fingerprint density at radius 3 is 2.22 bits per heavy atom. The maximum atomic E-state index is 12.9. The van der Waals surface area contributed by atoms with Gasteiger partial charge in [0.2, 0.25) is 5.95 Å². The summed E-state index contributed by atoms with van der Waals surface area (Å²) in [5.41, 5.74) is -1.81. The lowest BCUT2D eigenvalue weighted by molar-refractivity contribution is 0.00578. The summed E-state index contributed by atoms with van der Waals surface area (Å²) < 4.78 is 18.6. The van der Waals surface area contributed by atoms with Crippen LogP contribution in [0.15, 0.2) is 11.0 Å². The Labute approximate surface area is 161 Å². The van der Waals surface area contributed by atoms with Crippen molar-refractivity contribution in [3.63, 3.8) is 0 Å². The van der Waals surface area contributed by atoms with Crippen molar-refractivity contribution >= 4 is 24.6 Å². The lowest BCUT2D eigenvalue weighted by Gasteiger charge is -2.32. The van der Waals surface area contributed by atoms with E-state index in [-0.39, 0.29) is 11.5 Å². The molecule has 1 aromatic rings. The van der Waals surface area contributed by atoms with E-state index < -0.39 is 30.0 Å². The van der Waals surface area contributed by atoms with Crippen LogP contribution >= 0.6 is 0 Å². The normalized spacial score (nSPS) is 18.5. The number of carbonyl (C=O) groups is 1. The largest absolute Gasteiger partial charge is 0.502 e. The van der Waals surface area contributed by atoms with E-state index in [1.165, 1.54) is 15.7 Å². The minimum absolute atomic E-state index is 0.206. The fraction of sp³-hybridized carbons (Fsp3) is 0.722. The molecule has 0 saturated carbocycles. The first kappa shape index (κ1) is 21.4. The van der Waals surface area contributed by atoms with E-state index in [0.717, 1.165) is 0 Å². The molecule has 0 unspecified atom stereocenters. The van der Waals surface area contributed by atoms with E-state index >= 15 is 0 Å². The molecule has 0 aromatic carbocycles. The van der Waals surface area contributed by atoms with E-state index in [2.05, 4.69) is 4.98 Å². The van der Waals surface area contributed by atoms with Crippen molar-refractivity contribution in [1.29, 1.82) is 0 Å². The van der Waals surface area contributed by atoms with E-state index in [1.54, 1.807) is 34.7 Å². The van der Waals surface area contributed by atoms with Gasteiger partial charge in [-0.3, -0.25) is 9.36 Å². The molecule has 2 heterocycles. The monoisotopic (exact) mass is 379 g/mol. The molecule has 1 fully saturated rings. The first-order valence-corrected chi connectivity index (χ1v) is 9.12. The minimum Gasteiger partial charge on any atom is -0.443 e. The first-order valence-electron chi connectivity index (χ1n) is 9.12. The molecule has 0 bridgehead atoms. The predicted octanol–water partition coefficient (Wildman–Crippen LogP) is 1.84. The van der Waals surface area contributed by atoms with E-state index in [0.29, 0.717) is 12.0 Å². The summed E-state index contributed by atoms with van der Waals surface area (Å²) in [4.78, 5) is 31.0. The maximum absolute atomic E-state index is 12.9. The molecule has 27 heavy (non-hydrogen) atoms. The van der Waals surface area contributed by atoms with Crippen LogP contribution in [0.5, 0.6) is 0 Å². The Balaban J connectivity index is 2.37. The number of carbonyl (C=O) groups excluding carboxylic acids is 1. The van der Waals surface area contributed by atoms with Crippen LogP contribution in [0.4, 0.5) is 10.7 Å². The average Bonchev–Trinajstić information content (AvgIpc) is 2.70. The van der Waals surface area contributed by atoms with Gasteiger partial charge < -0.3 is 14.0 Å².